The summed E-state index contributed by atoms with van der Waals surface area (Å²) in [5.74, 6) is -0.713. The first-order valence-corrected chi connectivity index (χ1v) is 14.5. The number of sulfonamides is 1. The second kappa shape index (κ2) is 13.0. The molecule has 0 aliphatic carbocycles. The van der Waals surface area contributed by atoms with E-state index in [0.29, 0.717) is 39.2 Å². The van der Waals surface area contributed by atoms with Crippen LogP contribution in [0, 0.1) is 12.8 Å². The van der Waals surface area contributed by atoms with Crippen LogP contribution < -0.4 is 9.62 Å². The summed E-state index contributed by atoms with van der Waals surface area (Å²) < 4.78 is 26.5. The number of halogens is 3. The number of amides is 2. The third kappa shape index (κ3) is 8.00. The molecule has 1 N–H and O–H groups in total. The maximum atomic E-state index is 13.8. The minimum absolute atomic E-state index is 0.0723. The molecule has 0 unspecified atom stereocenters. The Labute approximate surface area is 228 Å². The highest BCUT2D eigenvalue weighted by Crippen LogP contribution is 2.29. The number of rotatable bonds is 11. The van der Waals surface area contributed by atoms with Gasteiger partial charge in [0.05, 0.1) is 11.9 Å². The van der Waals surface area contributed by atoms with Gasteiger partial charge in [0.1, 0.15) is 12.6 Å². The molecule has 11 heteroatoms. The molecule has 0 saturated carbocycles. The molecular weight excluding hydrogens is 545 g/mol. The Hall–Kier alpha value is -2.00. The average molecular weight is 577 g/mol. The number of carbonyl (C=O) groups is 2. The van der Waals surface area contributed by atoms with Crippen molar-refractivity contribution in [3.63, 3.8) is 0 Å². The summed E-state index contributed by atoms with van der Waals surface area (Å²) in [6.45, 7) is 7.26. The first kappa shape index (κ1) is 30.2. The summed E-state index contributed by atoms with van der Waals surface area (Å²) in [6, 6.07) is 8.90. The van der Waals surface area contributed by atoms with Crippen molar-refractivity contribution in [1.29, 1.82) is 0 Å². The molecular formula is C25H32Cl3N3O4S. The van der Waals surface area contributed by atoms with Gasteiger partial charge in [0.25, 0.3) is 0 Å². The Morgan fingerprint density at radius 3 is 2.19 bits per heavy atom. The number of hydrogen-bond donors (Lipinski definition) is 1. The molecule has 198 valence electrons. The van der Waals surface area contributed by atoms with E-state index < -0.39 is 28.5 Å². The molecule has 0 radical (unpaired) electrons. The van der Waals surface area contributed by atoms with E-state index in [0.717, 1.165) is 10.6 Å². The minimum Gasteiger partial charge on any atom is -0.354 e. The number of nitrogens with one attached hydrogen (secondary N) is 1. The smallest absolute Gasteiger partial charge is 0.244 e. The zero-order valence-corrected chi connectivity index (χ0v) is 24.1. The molecule has 0 heterocycles. The van der Waals surface area contributed by atoms with E-state index in [1.807, 2.05) is 13.8 Å². The monoisotopic (exact) mass is 575 g/mol. The molecule has 0 spiro atoms. The van der Waals surface area contributed by atoms with E-state index >= 15 is 0 Å². The van der Waals surface area contributed by atoms with Crippen molar-refractivity contribution >= 4 is 62.3 Å². The molecule has 0 aliphatic rings. The van der Waals surface area contributed by atoms with Crippen molar-refractivity contribution in [2.75, 3.05) is 23.7 Å². The molecule has 1 atom stereocenters. The highest BCUT2D eigenvalue weighted by molar-refractivity contribution is 7.92. The Balaban J connectivity index is 2.53. The van der Waals surface area contributed by atoms with Gasteiger partial charge in [0, 0.05) is 33.7 Å². The van der Waals surface area contributed by atoms with Gasteiger partial charge in [-0.1, -0.05) is 67.7 Å². The van der Waals surface area contributed by atoms with Gasteiger partial charge in [0.2, 0.25) is 21.8 Å². The maximum Gasteiger partial charge on any atom is 0.244 e. The van der Waals surface area contributed by atoms with E-state index in [4.69, 9.17) is 34.8 Å². The van der Waals surface area contributed by atoms with Crippen molar-refractivity contribution in [3.05, 3.63) is 62.6 Å². The number of carbonyl (C=O) groups excluding carboxylic acids is 2. The van der Waals surface area contributed by atoms with Crippen LogP contribution in [0.25, 0.3) is 0 Å². The number of nitrogens with zero attached hydrogens (tertiary/aromatic N) is 2. The lowest BCUT2D eigenvalue weighted by molar-refractivity contribution is -0.140. The lowest BCUT2D eigenvalue weighted by Crippen LogP contribution is -2.52. The van der Waals surface area contributed by atoms with Crippen molar-refractivity contribution in [1.82, 2.24) is 10.2 Å². The quantitative estimate of drug-likeness (QED) is 0.393. The SMILES string of the molecule is CC[C@H](C(=O)NCC(C)C)N(Cc1c(Cl)cccc1Cl)C(=O)CN(c1cc(Cl)ccc1C)S(C)(=O)=O. The Bertz CT molecular complexity index is 1180. The van der Waals surface area contributed by atoms with Crippen molar-refractivity contribution in [2.24, 2.45) is 5.92 Å². The van der Waals surface area contributed by atoms with Gasteiger partial charge in [0.15, 0.2) is 0 Å². The fraction of sp³-hybridized carbons (Fsp3) is 0.440. The molecule has 2 amide bonds. The highest BCUT2D eigenvalue weighted by Gasteiger charge is 2.33. The molecule has 7 nitrogen and oxygen atoms in total. The van der Waals surface area contributed by atoms with Gasteiger partial charge in [-0.05, 0) is 49.1 Å². The summed E-state index contributed by atoms with van der Waals surface area (Å²) in [5, 5.41) is 3.87. The molecule has 0 bridgehead atoms. The normalized spacial score (nSPS) is 12.4. The van der Waals surface area contributed by atoms with Gasteiger partial charge < -0.3 is 10.2 Å². The fourth-order valence-corrected chi connectivity index (χ4v) is 5.22. The van der Waals surface area contributed by atoms with E-state index in [2.05, 4.69) is 5.32 Å². The number of anilines is 1. The Kier molecular flexibility index (Phi) is 10.9. The zero-order valence-electron chi connectivity index (χ0n) is 21.0. The zero-order chi connectivity index (χ0) is 27.2. The van der Waals surface area contributed by atoms with E-state index in [-0.39, 0.29) is 24.1 Å². The standard InChI is InChI=1S/C25H32Cl3N3O4S/c1-6-22(25(33)29-13-16(2)3)30(14-19-20(27)8-7-9-21(19)28)24(32)15-31(36(5,34)35)23-12-18(26)11-10-17(23)4/h7-12,16,22H,6,13-15H2,1-5H3,(H,29,33)/t22-/m1/s1. The third-order valence-corrected chi connectivity index (χ3v) is 7.65. The summed E-state index contributed by atoms with van der Waals surface area (Å²) >= 11 is 18.9. The maximum absolute atomic E-state index is 13.8. The fourth-order valence-electron chi connectivity index (χ4n) is 3.64. The molecule has 0 fully saturated rings. The van der Waals surface area contributed by atoms with E-state index in [9.17, 15) is 18.0 Å². The van der Waals surface area contributed by atoms with Gasteiger partial charge in [-0.3, -0.25) is 13.9 Å². The van der Waals surface area contributed by atoms with E-state index in [1.165, 1.54) is 11.0 Å². The largest absolute Gasteiger partial charge is 0.354 e. The van der Waals surface area contributed by atoms with Crippen LogP contribution in [0.5, 0.6) is 0 Å². The second-order valence-corrected chi connectivity index (χ2v) is 12.1. The van der Waals surface area contributed by atoms with Crippen molar-refractivity contribution in [3.8, 4) is 0 Å². The number of benzene rings is 2. The molecule has 0 saturated heterocycles. The summed E-state index contributed by atoms with van der Waals surface area (Å²) in [5.41, 5.74) is 1.38. The van der Waals surface area contributed by atoms with Crippen LogP contribution in [0.4, 0.5) is 5.69 Å². The van der Waals surface area contributed by atoms with Crippen LogP contribution in [-0.4, -0.2) is 50.5 Å². The first-order chi connectivity index (χ1) is 16.8. The lowest BCUT2D eigenvalue weighted by atomic mass is 10.1. The van der Waals surface area contributed by atoms with Crippen LogP contribution in [0.3, 0.4) is 0 Å². The number of hydrogen-bond acceptors (Lipinski definition) is 4. The van der Waals surface area contributed by atoms with Gasteiger partial charge in [-0.25, -0.2) is 8.42 Å². The van der Waals surface area contributed by atoms with E-state index in [1.54, 1.807) is 44.2 Å². The van der Waals surface area contributed by atoms with Crippen LogP contribution in [-0.2, 0) is 26.2 Å². The molecule has 2 aromatic rings. The number of aryl methyl sites for hydroxylation is 1. The summed E-state index contributed by atoms with van der Waals surface area (Å²) in [4.78, 5) is 28.2. The summed E-state index contributed by atoms with van der Waals surface area (Å²) in [7, 11) is -3.87. The third-order valence-electron chi connectivity index (χ3n) is 5.58. The second-order valence-electron chi connectivity index (χ2n) is 8.99. The average Bonchev–Trinajstić information content (AvgIpc) is 2.78. The van der Waals surface area contributed by atoms with Gasteiger partial charge >= 0.3 is 0 Å². The topological polar surface area (TPSA) is 86.8 Å². The van der Waals surface area contributed by atoms with Crippen molar-refractivity contribution < 1.29 is 18.0 Å². The Morgan fingerprint density at radius 2 is 1.67 bits per heavy atom. The minimum atomic E-state index is -3.87. The molecule has 2 aromatic carbocycles. The molecule has 0 aliphatic heterocycles. The predicted octanol–water partition coefficient (Wildman–Crippen LogP) is 5.30. The Morgan fingerprint density at radius 1 is 1.06 bits per heavy atom. The van der Waals surface area contributed by atoms with Crippen LogP contribution in [0.1, 0.15) is 38.3 Å². The van der Waals surface area contributed by atoms with Crippen molar-refractivity contribution in [2.45, 2.75) is 46.7 Å². The predicted molar refractivity (Wildman–Crippen MR) is 147 cm³/mol. The van der Waals surface area contributed by atoms with Gasteiger partial charge in [-0.2, -0.15) is 0 Å². The van der Waals surface area contributed by atoms with Gasteiger partial charge in [-0.15, -0.1) is 0 Å². The highest BCUT2D eigenvalue weighted by atomic mass is 35.5. The van der Waals surface area contributed by atoms with Crippen LogP contribution >= 0.6 is 34.8 Å². The first-order valence-electron chi connectivity index (χ1n) is 11.5. The molecule has 36 heavy (non-hydrogen) atoms. The lowest BCUT2D eigenvalue weighted by Gasteiger charge is -2.33. The molecule has 0 aromatic heterocycles. The van der Waals surface area contributed by atoms with Crippen LogP contribution in [0.15, 0.2) is 36.4 Å². The molecule has 2 rings (SSSR count). The summed E-state index contributed by atoms with van der Waals surface area (Å²) in [6.07, 6.45) is 1.31. The van der Waals surface area contributed by atoms with Crippen LogP contribution in [0.2, 0.25) is 15.1 Å².